The largest absolute Gasteiger partial charge is 0.466 e. The number of esters is 4. The highest BCUT2D eigenvalue weighted by Gasteiger charge is 2.53. The number of carbonyl (C=O) groups excluding carboxylic acids is 4. The van der Waals surface area contributed by atoms with E-state index in [1.165, 1.54) is 11.1 Å². The molecule has 0 radical (unpaired) electrons. The summed E-state index contributed by atoms with van der Waals surface area (Å²) in [7, 11) is 4.49. The molecule has 9 nitrogen and oxygen atoms in total. The van der Waals surface area contributed by atoms with Crippen molar-refractivity contribution >= 4 is 30.0 Å². The molecule has 0 N–H and O–H groups in total. The number of hydrogen-bond donors (Lipinski definition) is 0. The van der Waals surface area contributed by atoms with Gasteiger partial charge >= 0.3 is 23.9 Å². The second-order valence-corrected chi connectivity index (χ2v) is 7.45. The Hall–Kier alpha value is -4.40. The van der Waals surface area contributed by atoms with E-state index < -0.39 is 40.6 Å². The number of benzene rings is 1. The van der Waals surface area contributed by atoms with Gasteiger partial charge in [-0.1, -0.05) is 54.6 Å². The summed E-state index contributed by atoms with van der Waals surface area (Å²) in [6.45, 7) is 0. The highest BCUT2D eigenvalue weighted by atomic mass is 16.5. The zero-order valence-electron chi connectivity index (χ0n) is 19.8. The van der Waals surface area contributed by atoms with Crippen LogP contribution in [0.1, 0.15) is 12.0 Å². The standard InChI is InChI=1S/C26H25NO8/c1-32-22(28)18-19(23(29)33-2)21(25(31)35-4)27-16-9-8-14-26(27,20(18)24(30)34-3)15-10-13-17-11-6-5-7-12-17/h5-14,16H,15H2,1-4H3/b13-10+. The second-order valence-electron chi connectivity index (χ2n) is 7.45. The van der Waals surface area contributed by atoms with Gasteiger partial charge in [0.1, 0.15) is 11.3 Å². The van der Waals surface area contributed by atoms with Gasteiger partial charge < -0.3 is 23.8 Å². The Morgan fingerprint density at radius 1 is 0.800 bits per heavy atom. The van der Waals surface area contributed by atoms with Gasteiger partial charge in [-0.15, -0.1) is 0 Å². The Balaban J connectivity index is 2.38. The van der Waals surface area contributed by atoms with E-state index in [0.717, 1.165) is 34.0 Å². The SMILES string of the molecule is COC(=O)C1=C(C(=O)OC)N2C=CC=CC2(C/C=C/c2ccccc2)C(C(=O)OC)=C1C(=O)OC. The van der Waals surface area contributed by atoms with Crippen molar-refractivity contribution in [2.75, 3.05) is 28.4 Å². The van der Waals surface area contributed by atoms with Gasteiger partial charge in [0.25, 0.3) is 0 Å². The monoisotopic (exact) mass is 479 g/mol. The topological polar surface area (TPSA) is 108 Å². The van der Waals surface area contributed by atoms with E-state index >= 15 is 0 Å². The number of rotatable bonds is 7. The fraction of sp³-hybridized carbons (Fsp3) is 0.231. The number of hydrogen-bond acceptors (Lipinski definition) is 9. The lowest BCUT2D eigenvalue weighted by atomic mass is 9.74. The van der Waals surface area contributed by atoms with Crippen molar-refractivity contribution in [1.82, 2.24) is 4.90 Å². The van der Waals surface area contributed by atoms with Gasteiger partial charge in [-0.2, -0.15) is 0 Å². The van der Waals surface area contributed by atoms with Crippen LogP contribution in [0.2, 0.25) is 0 Å². The minimum absolute atomic E-state index is 0.114. The summed E-state index contributed by atoms with van der Waals surface area (Å²) in [5.74, 6) is -3.83. The average Bonchev–Trinajstić information content (AvgIpc) is 2.90. The summed E-state index contributed by atoms with van der Waals surface area (Å²) in [4.78, 5) is 53.6. The molecule has 0 saturated carbocycles. The van der Waals surface area contributed by atoms with E-state index in [2.05, 4.69) is 0 Å². The Bertz CT molecular complexity index is 1190. The number of allylic oxidation sites excluding steroid dienone is 2. The fourth-order valence-corrected chi connectivity index (χ4v) is 4.11. The highest BCUT2D eigenvalue weighted by molar-refractivity contribution is 6.17. The lowest BCUT2D eigenvalue weighted by Crippen LogP contribution is -2.54. The van der Waals surface area contributed by atoms with Gasteiger partial charge in [-0.25, -0.2) is 19.2 Å². The summed E-state index contributed by atoms with van der Waals surface area (Å²) in [6.07, 6.45) is 10.2. The second kappa shape index (κ2) is 10.7. The smallest absolute Gasteiger partial charge is 0.355 e. The zero-order chi connectivity index (χ0) is 25.6. The number of carbonyl (C=O) groups is 4. The molecule has 0 amide bonds. The first-order valence-electron chi connectivity index (χ1n) is 10.6. The first-order chi connectivity index (χ1) is 16.9. The van der Waals surface area contributed by atoms with Crippen LogP contribution in [0.15, 0.2) is 83.3 Å². The Labute approximate surface area is 202 Å². The summed E-state index contributed by atoms with van der Waals surface area (Å²) >= 11 is 0. The molecule has 1 aromatic rings. The maximum absolute atomic E-state index is 13.2. The van der Waals surface area contributed by atoms with Crippen molar-refractivity contribution in [3.63, 3.8) is 0 Å². The molecule has 35 heavy (non-hydrogen) atoms. The summed E-state index contributed by atoms with van der Waals surface area (Å²) in [5.41, 5.74) is -1.88. The number of methoxy groups -OCH3 is 4. The van der Waals surface area contributed by atoms with Crippen LogP contribution in [-0.2, 0) is 38.1 Å². The lowest BCUT2D eigenvalue weighted by molar-refractivity contribution is -0.144. The van der Waals surface area contributed by atoms with Gasteiger partial charge in [0.05, 0.1) is 45.1 Å². The summed E-state index contributed by atoms with van der Waals surface area (Å²) in [6, 6.07) is 9.44. The molecule has 0 saturated heterocycles. The fourth-order valence-electron chi connectivity index (χ4n) is 4.11. The Kier molecular flexibility index (Phi) is 7.70. The number of nitrogens with zero attached hydrogens (tertiary/aromatic N) is 1. The first kappa shape index (κ1) is 25.2. The van der Waals surface area contributed by atoms with E-state index in [4.69, 9.17) is 18.9 Å². The third kappa shape index (κ3) is 4.52. The van der Waals surface area contributed by atoms with Crippen molar-refractivity contribution in [2.24, 2.45) is 0 Å². The van der Waals surface area contributed by atoms with E-state index in [1.54, 1.807) is 24.3 Å². The molecule has 182 valence electrons. The molecule has 0 fully saturated rings. The zero-order valence-corrected chi connectivity index (χ0v) is 19.8. The van der Waals surface area contributed by atoms with Crippen LogP contribution in [0.25, 0.3) is 6.08 Å². The van der Waals surface area contributed by atoms with Gasteiger partial charge in [-0.05, 0) is 18.1 Å². The molecule has 1 aromatic carbocycles. The predicted octanol–water partition coefficient (Wildman–Crippen LogP) is 2.47. The van der Waals surface area contributed by atoms with Crippen LogP contribution >= 0.6 is 0 Å². The molecule has 2 heterocycles. The molecule has 0 aromatic heterocycles. The van der Waals surface area contributed by atoms with E-state index in [0.29, 0.717) is 0 Å². The van der Waals surface area contributed by atoms with Crippen molar-refractivity contribution < 1.29 is 38.1 Å². The minimum atomic E-state index is -1.42. The molecule has 3 rings (SSSR count). The van der Waals surface area contributed by atoms with E-state index in [1.807, 2.05) is 36.4 Å². The number of fused-ring (bicyclic) bond motifs is 1. The highest BCUT2D eigenvalue weighted by Crippen LogP contribution is 2.46. The third-order valence-corrected chi connectivity index (χ3v) is 5.64. The summed E-state index contributed by atoms with van der Waals surface area (Å²) in [5, 5.41) is 0. The van der Waals surface area contributed by atoms with Crippen LogP contribution in [0.3, 0.4) is 0 Å². The minimum Gasteiger partial charge on any atom is -0.466 e. The van der Waals surface area contributed by atoms with Gasteiger partial charge in [0, 0.05) is 6.20 Å². The van der Waals surface area contributed by atoms with Crippen molar-refractivity contribution in [1.29, 1.82) is 0 Å². The normalized spacial score (nSPS) is 18.9. The van der Waals surface area contributed by atoms with E-state index in [-0.39, 0.29) is 17.7 Å². The van der Waals surface area contributed by atoms with Crippen LogP contribution < -0.4 is 0 Å². The molecule has 0 spiro atoms. The maximum atomic E-state index is 13.2. The van der Waals surface area contributed by atoms with Crippen LogP contribution in [0.5, 0.6) is 0 Å². The Morgan fingerprint density at radius 2 is 1.40 bits per heavy atom. The molecule has 1 atom stereocenters. The summed E-state index contributed by atoms with van der Waals surface area (Å²) < 4.78 is 19.8. The van der Waals surface area contributed by atoms with E-state index in [9.17, 15) is 19.2 Å². The maximum Gasteiger partial charge on any atom is 0.355 e. The average molecular weight is 479 g/mol. The quantitative estimate of drug-likeness (QED) is 0.430. The van der Waals surface area contributed by atoms with Crippen molar-refractivity contribution in [3.8, 4) is 0 Å². The molecule has 0 aliphatic carbocycles. The molecule has 2 aliphatic heterocycles. The first-order valence-corrected chi connectivity index (χ1v) is 10.6. The van der Waals surface area contributed by atoms with Gasteiger partial charge in [-0.3, -0.25) is 0 Å². The molecule has 0 bridgehead atoms. The van der Waals surface area contributed by atoms with Gasteiger partial charge in [0.2, 0.25) is 0 Å². The van der Waals surface area contributed by atoms with Crippen LogP contribution in [0.4, 0.5) is 0 Å². The molecule has 2 aliphatic rings. The third-order valence-electron chi connectivity index (χ3n) is 5.64. The lowest BCUT2D eigenvalue weighted by Gasteiger charge is -2.47. The molecule has 1 unspecified atom stereocenters. The molecular weight excluding hydrogens is 454 g/mol. The molecular formula is C26H25NO8. The molecule has 9 heteroatoms. The predicted molar refractivity (Wildman–Crippen MR) is 125 cm³/mol. The van der Waals surface area contributed by atoms with Crippen LogP contribution in [0, 0.1) is 0 Å². The van der Waals surface area contributed by atoms with Gasteiger partial charge in [0.15, 0.2) is 0 Å². The van der Waals surface area contributed by atoms with Crippen molar-refractivity contribution in [2.45, 2.75) is 12.0 Å². The van der Waals surface area contributed by atoms with Crippen molar-refractivity contribution in [3.05, 3.63) is 88.8 Å². The van der Waals surface area contributed by atoms with Crippen LogP contribution in [-0.4, -0.2) is 62.8 Å². The number of ether oxygens (including phenoxy) is 4. The Morgan fingerprint density at radius 3 is 2.00 bits per heavy atom.